The highest BCUT2D eigenvalue weighted by atomic mass is 79.9. The fraction of sp³-hybridized carbons (Fsp3) is 0.0909. The molecule has 0 unspecified atom stereocenters. The second kappa shape index (κ2) is 9.32. The summed E-state index contributed by atoms with van der Waals surface area (Å²) >= 11 is 3.32. The van der Waals surface area contributed by atoms with Crippen molar-refractivity contribution in [2.45, 2.75) is 11.3 Å². The molecule has 3 aromatic rings. The molecular formula is C22H17BrFNO4S. The molecule has 0 aliphatic carbocycles. The zero-order valence-electron chi connectivity index (χ0n) is 15.6. The molecule has 0 bridgehead atoms. The fourth-order valence-corrected chi connectivity index (χ4v) is 4.36. The lowest BCUT2D eigenvalue weighted by atomic mass is 10.0. The van der Waals surface area contributed by atoms with Crippen LogP contribution < -0.4 is 5.32 Å². The first kappa shape index (κ1) is 21.9. The summed E-state index contributed by atoms with van der Waals surface area (Å²) in [5.74, 6) is -1.81. The van der Waals surface area contributed by atoms with Gasteiger partial charge >= 0.3 is 0 Å². The van der Waals surface area contributed by atoms with Gasteiger partial charge in [0, 0.05) is 22.0 Å². The molecule has 5 nitrogen and oxygen atoms in total. The van der Waals surface area contributed by atoms with Crippen LogP contribution in [0.25, 0.3) is 0 Å². The van der Waals surface area contributed by atoms with E-state index < -0.39 is 27.3 Å². The lowest BCUT2D eigenvalue weighted by Gasteiger charge is -2.11. The highest BCUT2D eigenvalue weighted by Crippen LogP contribution is 2.24. The van der Waals surface area contributed by atoms with Gasteiger partial charge in [-0.3, -0.25) is 9.59 Å². The lowest BCUT2D eigenvalue weighted by Crippen LogP contribution is -2.19. The largest absolute Gasteiger partial charge is 0.325 e. The third-order valence-electron chi connectivity index (χ3n) is 4.31. The molecule has 0 aromatic heterocycles. The normalized spacial score (nSPS) is 11.1. The number of sulfone groups is 1. The Balaban J connectivity index is 1.74. The summed E-state index contributed by atoms with van der Waals surface area (Å²) in [4.78, 5) is 25.2. The number of carbonyl (C=O) groups excluding carboxylic acids is 2. The molecule has 0 aliphatic rings. The Bertz CT molecular complexity index is 1180. The van der Waals surface area contributed by atoms with Gasteiger partial charge in [0.05, 0.1) is 16.3 Å². The van der Waals surface area contributed by atoms with E-state index in [-0.39, 0.29) is 28.4 Å². The van der Waals surface area contributed by atoms with E-state index >= 15 is 0 Å². The van der Waals surface area contributed by atoms with E-state index in [1.807, 2.05) is 0 Å². The molecule has 0 saturated heterocycles. The van der Waals surface area contributed by atoms with Crippen LogP contribution in [-0.4, -0.2) is 25.9 Å². The molecule has 8 heteroatoms. The van der Waals surface area contributed by atoms with Gasteiger partial charge in [-0.1, -0.05) is 46.3 Å². The maximum atomic E-state index is 13.0. The molecule has 3 aromatic carbocycles. The van der Waals surface area contributed by atoms with Gasteiger partial charge in [0.25, 0.3) is 0 Å². The molecule has 1 amide bonds. The molecule has 0 atom stereocenters. The fourth-order valence-electron chi connectivity index (χ4n) is 2.76. The number of ketones is 1. The van der Waals surface area contributed by atoms with Crippen LogP contribution >= 0.6 is 15.9 Å². The minimum atomic E-state index is -3.74. The summed E-state index contributed by atoms with van der Waals surface area (Å²) in [5, 5.41) is 2.62. The van der Waals surface area contributed by atoms with E-state index in [2.05, 4.69) is 21.2 Å². The molecular weight excluding hydrogens is 473 g/mol. The van der Waals surface area contributed by atoms with Crippen molar-refractivity contribution in [3.8, 4) is 0 Å². The molecule has 30 heavy (non-hydrogen) atoms. The van der Waals surface area contributed by atoms with Crippen LogP contribution in [0.3, 0.4) is 0 Å². The van der Waals surface area contributed by atoms with Crippen LogP contribution in [0.1, 0.15) is 22.3 Å². The number of halogens is 2. The number of carbonyl (C=O) groups is 2. The first-order valence-electron chi connectivity index (χ1n) is 8.94. The smallest absolute Gasteiger partial charge is 0.225 e. The summed E-state index contributed by atoms with van der Waals surface area (Å²) in [6.45, 7) is 0. The summed E-state index contributed by atoms with van der Waals surface area (Å²) < 4.78 is 38.3. The first-order valence-corrected chi connectivity index (χ1v) is 11.4. The third kappa shape index (κ3) is 5.40. The van der Waals surface area contributed by atoms with Crippen LogP contribution in [0.4, 0.5) is 10.1 Å². The van der Waals surface area contributed by atoms with E-state index in [0.29, 0.717) is 10.0 Å². The predicted octanol–water partition coefficient (Wildman–Crippen LogP) is 4.62. The Hall–Kier alpha value is -2.84. The van der Waals surface area contributed by atoms with Crippen molar-refractivity contribution in [1.29, 1.82) is 0 Å². The van der Waals surface area contributed by atoms with Crippen molar-refractivity contribution in [3.63, 3.8) is 0 Å². The van der Waals surface area contributed by atoms with Gasteiger partial charge in [-0.2, -0.15) is 0 Å². The zero-order chi connectivity index (χ0) is 21.7. The summed E-state index contributed by atoms with van der Waals surface area (Å²) in [7, 11) is -3.74. The van der Waals surface area contributed by atoms with Gasteiger partial charge in [0.1, 0.15) is 5.82 Å². The minimum absolute atomic E-state index is 0.0553. The molecule has 0 radical (unpaired) electrons. The van der Waals surface area contributed by atoms with E-state index in [9.17, 15) is 22.4 Å². The number of hydrogen-bond acceptors (Lipinski definition) is 4. The monoisotopic (exact) mass is 489 g/mol. The first-order chi connectivity index (χ1) is 14.3. The van der Waals surface area contributed by atoms with Gasteiger partial charge in [-0.05, 0) is 42.5 Å². The van der Waals surface area contributed by atoms with Crippen molar-refractivity contribution in [3.05, 3.63) is 94.2 Å². The number of benzene rings is 3. The van der Waals surface area contributed by atoms with Crippen molar-refractivity contribution in [2.75, 3.05) is 11.1 Å². The van der Waals surface area contributed by atoms with Gasteiger partial charge in [0.2, 0.25) is 5.91 Å². The van der Waals surface area contributed by atoms with E-state index in [1.54, 1.807) is 48.5 Å². The van der Waals surface area contributed by atoms with Gasteiger partial charge in [-0.25, -0.2) is 12.8 Å². The standard InChI is InChI=1S/C22H17BrFNO4S/c23-16-6-11-20(19(14-16)22(27)15-4-2-1-3-5-15)25-21(26)12-13-30(28,29)18-9-7-17(24)8-10-18/h1-11,14H,12-13H2,(H,25,26). The average molecular weight is 490 g/mol. The highest BCUT2D eigenvalue weighted by molar-refractivity contribution is 9.10. The number of anilines is 1. The topological polar surface area (TPSA) is 80.3 Å². The van der Waals surface area contributed by atoms with Crippen LogP contribution in [0.2, 0.25) is 0 Å². The molecule has 0 fully saturated rings. The molecule has 0 saturated carbocycles. The van der Waals surface area contributed by atoms with Crippen molar-refractivity contribution in [2.24, 2.45) is 0 Å². The Morgan fingerprint density at radius 3 is 2.27 bits per heavy atom. The number of hydrogen-bond donors (Lipinski definition) is 1. The molecule has 3 rings (SSSR count). The molecule has 1 N–H and O–H groups in total. The quantitative estimate of drug-likeness (QED) is 0.387. The van der Waals surface area contributed by atoms with Crippen LogP contribution in [0.15, 0.2) is 82.2 Å². The molecule has 154 valence electrons. The van der Waals surface area contributed by atoms with Crippen molar-refractivity contribution < 1.29 is 22.4 Å². The predicted molar refractivity (Wildman–Crippen MR) is 116 cm³/mol. The van der Waals surface area contributed by atoms with E-state index in [0.717, 1.165) is 24.3 Å². The maximum absolute atomic E-state index is 13.0. The highest BCUT2D eigenvalue weighted by Gasteiger charge is 2.19. The summed E-state index contributed by atoms with van der Waals surface area (Å²) in [5.41, 5.74) is 1.03. The number of nitrogens with one attached hydrogen (secondary N) is 1. The Morgan fingerprint density at radius 2 is 1.60 bits per heavy atom. The Labute approximate surface area is 182 Å². The van der Waals surface area contributed by atoms with E-state index in [4.69, 9.17) is 0 Å². The molecule has 0 aliphatic heterocycles. The van der Waals surface area contributed by atoms with Crippen molar-refractivity contribution in [1.82, 2.24) is 0 Å². The summed E-state index contributed by atoms with van der Waals surface area (Å²) in [6.07, 6.45) is -0.311. The number of rotatable bonds is 7. The zero-order valence-corrected chi connectivity index (χ0v) is 18.0. The average Bonchev–Trinajstić information content (AvgIpc) is 2.74. The van der Waals surface area contributed by atoms with Crippen molar-refractivity contribution >= 4 is 43.1 Å². The van der Waals surface area contributed by atoms with Gasteiger partial charge in [-0.15, -0.1) is 0 Å². The lowest BCUT2D eigenvalue weighted by molar-refractivity contribution is -0.115. The van der Waals surface area contributed by atoms with E-state index in [1.165, 1.54) is 0 Å². The Kier molecular flexibility index (Phi) is 6.79. The maximum Gasteiger partial charge on any atom is 0.225 e. The minimum Gasteiger partial charge on any atom is -0.325 e. The third-order valence-corrected chi connectivity index (χ3v) is 6.53. The Morgan fingerprint density at radius 1 is 0.933 bits per heavy atom. The molecule has 0 spiro atoms. The summed E-state index contributed by atoms with van der Waals surface area (Å²) in [6, 6.07) is 17.9. The van der Waals surface area contributed by atoms with Crippen LogP contribution in [-0.2, 0) is 14.6 Å². The van der Waals surface area contributed by atoms with Gasteiger partial charge < -0.3 is 5.32 Å². The van der Waals surface area contributed by atoms with Crippen LogP contribution in [0, 0.1) is 5.82 Å². The second-order valence-electron chi connectivity index (χ2n) is 6.46. The second-order valence-corrected chi connectivity index (χ2v) is 9.48. The van der Waals surface area contributed by atoms with Gasteiger partial charge in [0.15, 0.2) is 15.6 Å². The van der Waals surface area contributed by atoms with Crippen LogP contribution in [0.5, 0.6) is 0 Å². The SMILES string of the molecule is O=C(CCS(=O)(=O)c1ccc(F)cc1)Nc1ccc(Br)cc1C(=O)c1ccccc1. The number of amides is 1. The molecule has 0 heterocycles.